The highest BCUT2D eigenvalue weighted by Gasteiger charge is 2.17. The minimum atomic E-state index is -0.525. The van der Waals surface area contributed by atoms with Gasteiger partial charge in [-0.3, -0.25) is 20.4 Å². The van der Waals surface area contributed by atoms with Crippen molar-refractivity contribution >= 4 is 11.8 Å². The Morgan fingerprint density at radius 2 is 1.13 bits per heavy atom. The van der Waals surface area contributed by atoms with Crippen LogP contribution in [-0.4, -0.2) is 33.1 Å². The first-order valence-corrected chi connectivity index (χ1v) is 9.13. The average molecular weight is 406 g/mol. The monoisotopic (exact) mass is 406 g/mol. The van der Waals surface area contributed by atoms with Crippen LogP contribution in [0, 0.1) is 0 Å². The van der Waals surface area contributed by atoms with Crippen LogP contribution in [0.1, 0.15) is 20.7 Å². The van der Waals surface area contributed by atoms with Gasteiger partial charge in [-0.2, -0.15) is 0 Å². The summed E-state index contributed by atoms with van der Waals surface area (Å²) in [6.45, 7) is 0. The number of methoxy groups -OCH3 is 3. The second-order valence-electron chi connectivity index (χ2n) is 6.27. The van der Waals surface area contributed by atoms with Crippen molar-refractivity contribution in [3.8, 4) is 28.4 Å². The van der Waals surface area contributed by atoms with Crippen LogP contribution in [0.5, 0.6) is 17.2 Å². The van der Waals surface area contributed by atoms with Crippen molar-refractivity contribution in [3.05, 3.63) is 77.9 Å². The van der Waals surface area contributed by atoms with Crippen LogP contribution >= 0.6 is 0 Å². The Labute approximate surface area is 174 Å². The maximum atomic E-state index is 12.5. The fraction of sp³-hybridized carbons (Fsp3) is 0.130. The number of benzene rings is 3. The molecular weight excluding hydrogens is 384 g/mol. The Bertz CT molecular complexity index is 1010. The molecule has 0 aliphatic rings. The number of hydrogen-bond acceptors (Lipinski definition) is 5. The van der Waals surface area contributed by atoms with E-state index in [1.165, 1.54) is 33.5 Å². The molecule has 0 heterocycles. The van der Waals surface area contributed by atoms with Gasteiger partial charge in [-0.25, -0.2) is 0 Å². The van der Waals surface area contributed by atoms with Gasteiger partial charge in [0.05, 0.1) is 21.3 Å². The van der Waals surface area contributed by atoms with Crippen molar-refractivity contribution < 1.29 is 23.8 Å². The summed E-state index contributed by atoms with van der Waals surface area (Å²) in [6.07, 6.45) is 0. The number of nitrogens with one attached hydrogen (secondary N) is 2. The number of amides is 2. The minimum absolute atomic E-state index is 0.240. The molecule has 0 unspecified atom stereocenters. The molecule has 0 radical (unpaired) electrons. The molecule has 7 nitrogen and oxygen atoms in total. The maximum Gasteiger partial charge on any atom is 0.269 e. The van der Waals surface area contributed by atoms with E-state index in [4.69, 9.17) is 14.2 Å². The van der Waals surface area contributed by atoms with Gasteiger partial charge in [-0.15, -0.1) is 0 Å². The Kier molecular flexibility index (Phi) is 6.54. The van der Waals surface area contributed by atoms with Gasteiger partial charge in [0.1, 0.15) is 0 Å². The van der Waals surface area contributed by atoms with Crippen molar-refractivity contribution in [2.45, 2.75) is 0 Å². The van der Waals surface area contributed by atoms with E-state index in [1.807, 2.05) is 42.5 Å². The Hall–Kier alpha value is -4.00. The molecule has 3 aromatic carbocycles. The molecule has 0 fully saturated rings. The van der Waals surface area contributed by atoms with Crippen molar-refractivity contribution in [1.82, 2.24) is 10.9 Å². The summed E-state index contributed by atoms with van der Waals surface area (Å²) < 4.78 is 15.7. The van der Waals surface area contributed by atoms with Crippen LogP contribution in [-0.2, 0) is 0 Å². The van der Waals surface area contributed by atoms with Gasteiger partial charge in [-0.1, -0.05) is 42.5 Å². The number of ether oxygens (including phenoxy) is 3. The summed E-state index contributed by atoms with van der Waals surface area (Å²) >= 11 is 0. The zero-order valence-electron chi connectivity index (χ0n) is 16.9. The highest BCUT2D eigenvalue weighted by Crippen LogP contribution is 2.38. The van der Waals surface area contributed by atoms with Gasteiger partial charge in [0.15, 0.2) is 11.5 Å². The summed E-state index contributed by atoms with van der Waals surface area (Å²) in [6, 6.07) is 19.9. The lowest BCUT2D eigenvalue weighted by Crippen LogP contribution is -2.41. The molecule has 0 aliphatic heterocycles. The molecule has 0 saturated heterocycles. The molecule has 0 atom stereocenters. The Morgan fingerprint density at radius 1 is 0.633 bits per heavy atom. The van der Waals surface area contributed by atoms with Crippen molar-refractivity contribution in [2.24, 2.45) is 0 Å². The van der Waals surface area contributed by atoms with Crippen LogP contribution in [0.4, 0.5) is 0 Å². The summed E-state index contributed by atoms with van der Waals surface area (Å²) in [4.78, 5) is 24.9. The lowest BCUT2D eigenvalue weighted by molar-refractivity contribution is 0.0846. The highest BCUT2D eigenvalue weighted by molar-refractivity contribution is 6.00. The largest absolute Gasteiger partial charge is 0.493 e. The zero-order valence-corrected chi connectivity index (χ0v) is 16.9. The summed E-state index contributed by atoms with van der Waals surface area (Å²) in [5.41, 5.74) is 7.51. The number of rotatable bonds is 6. The van der Waals surface area contributed by atoms with E-state index in [-0.39, 0.29) is 5.56 Å². The molecule has 0 aliphatic carbocycles. The minimum Gasteiger partial charge on any atom is -0.493 e. The van der Waals surface area contributed by atoms with Crippen LogP contribution in [0.3, 0.4) is 0 Å². The lowest BCUT2D eigenvalue weighted by atomic mass is 10.0. The molecule has 0 saturated carbocycles. The van der Waals surface area contributed by atoms with Crippen LogP contribution in [0.25, 0.3) is 11.1 Å². The molecule has 154 valence electrons. The summed E-state index contributed by atoms with van der Waals surface area (Å²) in [5.74, 6) is 0.0904. The van der Waals surface area contributed by atoms with Gasteiger partial charge in [0.25, 0.3) is 11.8 Å². The van der Waals surface area contributed by atoms with Gasteiger partial charge in [0, 0.05) is 11.1 Å². The maximum absolute atomic E-state index is 12.5. The van der Waals surface area contributed by atoms with Crippen LogP contribution in [0.15, 0.2) is 66.7 Å². The van der Waals surface area contributed by atoms with Gasteiger partial charge >= 0.3 is 0 Å². The van der Waals surface area contributed by atoms with E-state index in [9.17, 15) is 9.59 Å². The fourth-order valence-corrected chi connectivity index (χ4v) is 2.91. The zero-order chi connectivity index (χ0) is 21.5. The molecule has 0 spiro atoms. The molecule has 0 bridgehead atoms. The first-order valence-electron chi connectivity index (χ1n) is 9.13. The molecule has 30 heavy (non-hydrogen) atoms. The molecule has 3 aromatic rings. The second-order valence-corrected chi connectivity index (χ2v) is 6.27. The van der Waals surface area contributed by atoms with E-state index < -0.39 is 11.8 Å². The average Bonchev–Trinajstić information content (AvgIpc) is 2.81. The number of carbonyl (C=O) groups excluding carboxylic acids is 2. The SMILES string of the molecule is COc1cc(C(=O)NNC(=O)c2ccc(-c3ccccc3)cc2)cc(OC)c1OC. The smallest absolute Gasteiger partial charge is 0.269 e. The summed E-state index contributed by atoms with van der Waals surface area (Å²) in [5, 5.41) is 0. The third-order valence-corrected chi connectivity index (χ3v) is 4.47. The van der Waals surface area contributed by atoms with E-state index in [2.05, 4.69) is 10.9 Å². The third-order valence-electron chi connectivity index (χ3n) is 4.47. The third kappa shape index (κ3) is 4.52. The standard InChI is InChI=1S/C23H22N2O5/c1-28-19-13-18(14-20(29-2)21(19)30-3)23(27)25-24-22(26)17-11-9-16(10-12-17)15-7-5-4-6-8-15/h4-14H,1-3H3,(H,24,26)(H,25,27). The van der Waals surface area contributed by atoms with Gasteiger partial charge in [-0.05, 0) is 35.4 Å². The van der Waals surface area contributed by atoms with E-state index >= 15 is 0 Å². The van der Waals surface area contributed by atoms with E-state index in [0.29, 0.717) is 22.8 Å². The van der Waals surface area contributed by atoms with Crippen molar-refractivity contribution in [3.63, 3.8) is 0 Å². The summed E-state index contributed by atoms with van der Waals surface area (Å²) in [7, 11) is 4.39. The lowest BCUT2D eigenvalue weighted by Gasteiger charge is -2.14. The van der Waals surface area contributed by atoms with Crippen molar-refractivity contribution in [2.75, 3.05) is 21.3 Å². The predicted octanol–water partition coefficient (Wildman–Crippen LogP) is 3.45. The Balaban J connectivity index is 1.68. The molecular formula is C23H22N2O5. The fourth-order valence-electron chi connectivity index (χ4n) is 2.91. The Morgan fingerprint density at radius 3 is 1.63 bits per heavy atom. The molecule has 0 aromatic heterocycles. The predicted molar refractivity (Wildman–Crippen MR) is 113 cm³/mol. The molecule has 3 rings (SSSR count). The van der Waals surface area contributed by atoms with Gasteiger partial charge < -0.3 is 14.2 Å². The van der Waals surface area contributed by atoms with Crippen LogP contribution < -0.4 is 25.1 Å². The number of hydrogen-bond donors (Lipinski definition) is 2. The molecule has 2 N–H and O–H groups in total. The number of carbonyl (C=O) groups is 2. The highest BCUT2D eigenvalue weighted by atomic mass is 16.5. The van der Waals surface area contributed by atoms with E-state index in [0.717, 1.165) is 11.1 Å². The van der Waals surface area contributed by atoms with Crippen molar-refractivity contribution in [1.29, 1.82) is 0 Å². The van der Waals surface area contributed by atoms with Crippen LogP contribution in [0.2, 0.25) is 0 Å². The van der Waals surface area contributed by atoms with Gasteiger partial charge in [0.2, 0.25) is 5.75 Å². The topological polar surface area (TPSA) is 85.9 Å². The van der Waals surface area contributed by atoms with E-state index in [1.54, 1.807) is 12.1 Å². The molecule has 7 heteroatoms. The first kappa shape index (κ1) is 20.7. The normalized spacial score (nSPS) is 10.1. The first-order chi connectivity index (χ1) is 14.6. The molecule has 2 amide bonds. The second kappa shape index (κ2) is 9.47. The quantitative estimate of drug-likeness (QED) is 0.613. The number of hydrazine groups is 1.